The lowest BCUT2D eigenvalue weighted by Crippen LogP contribution is -2.45. The van der Waals surface area contributed by atoms with Crippen LogP contribution in [0.2, 0.25) is 0 Å². The summed E-state index contributed by atoms with van der Waals surface area (Å²) in [5.74, 6) is -0.251. The molecule has 2 aliphatic rings. The van der Waals surface area contributed by atoms with Gasteiger partial charge in [-0.15, -0.1) is 11.8 Å². The first kappa shape index (κ1) is 21.1. The third-order valence-corrected chi connectivity index (χ3v) is 7.74. The highest BCUT2D eigenvalue weighted by Gasteiger charge is 2.31. The van der Waals surface area contributed by atoms with Gasteiger partial charge in [-0.3, -0.25) is 9.59 Å². The predicted octanol–water partition coefficient (Wildman–Crippen LogP) is 1.06. The van der Waals surface area contributed by atoms with Crippen molar-refractivity contribution >= 4 is 39.3 Å². The smallest absolute Gasteiger partial charge is 0.243 e. The standard InChI is InChI=1S/C18H25N3O5S2/c1-3-13(2)19-17(22)11-21-15-10-14(4-5-16(15)27-12-18(21)23)28(24,25)20-6-8-26-9-7-20/h4-5,10,13H,3,6-9,11-12H2,1-2H3,(H,19,22)/t13-/m1/s1. The molecule has 0 radical (unpaired) electrons. The van der Waals surface area contributed by atoms with Crippen molar-refractivity contribution in [1.29, 1.82) is 0 Å². The molecule has 1 fully saturated rings. The number of fused-ring (bicyclic) bond motifs is 1. The molecule has 1 atom stereocenters. The van der Waals surface area contributed by atoms with Gasteiger partial charge in [0.05, 0.1) is 29.5 Å². The first-order chi connectivity index (χ1) is 13.3. The van der Waals surface area contributed by atoms with Gasteiger partial charge in [-0.2, -0.15) is 4.31 Å². The maximum Gasteiger partial charge on any atom is 0.243 e. The van der Waals surface area contributed by atoms with Crippen molar-refractivity contribution in [3.63, 3.8) is 0 Å². The molecule has 1 aromatic carbocycles. The Balaban J connectivity index is 1.88. The highest BCUT2D eigenvalue weighted by atomic mass is 32.2. The van der Waals surface area contributed by atoms with Crippen molar-refractivity contribution in [2.75, 3.05) is 43.5 Å². The third kappa shape index (κ3) is 4.51. The van der Waals surface area contributed by atoms with E-state index in [1.54, 1.807) is 12.1 Å². The summed E-state index contributed by atoms with van der Waals surface area (Å²) in [7, 11) is -3.68. The molecule has 1 N–H and O–H groups in total. The fraction of sp³-hybridized carbons (Fsp3) is 0.556. The number of hydrogen-bond acceptors (Lipinski definition) is 6. The zero-order valence-corrected chi connectivity index (χ0v) is 17.6. The molecule has 0 spiro atoms. The van der Waals surface area contributed by atoms with Gasteiger partial charge in [-0.1, -0.05) is 6.92 Å². The van der Waals surface area contributed by atoms with E-state index in [-0.39, 0.29) is 35.0 Å². The molecule has 0 aromatic heterocycles. The molecule has 0 bridgehead atoms. The van der Waals surface area contributed by atoms with Crippen LogP contribution in [0.4, 0.5) is 5.69 Å². The Bertz CT molecular complexity index is 853. The molecule has 154 valence electrons. The first-order valence-corrected chi connectivity index (χ1v) is 11.7. The quantitative estimate of drug-likeness (QED) is 0.729. The van der Waals surface area contributed by atoms with Crippen LogP contribution >= 0.6 is 11.8 Å². The molecule has 2 heterocycles. The number of carbonyl (C=O) groups is 2. The van der Waals surface area contributed by atoms with Crippen LogP contribution in [0.15, 0.2) is 28.0 Å². The number of nitrogens with one attached hydrogen (secondary N) is 1. The second kappa shape index (κ2) is 8.81. The summed E-state index contributed by atoms with van der Waals surface area (Å²) < 4.78 is 32.5. The molecule has 0 saturated carbocycles. The number of sulfonamides is 1. The van der Waals surface area contributed by atoms with Gasteiger partial charge < -0.3 is 15.0 Å². The van der Waals surface area contributed by atoms with Gasteiger partial charge >= 0.3 is 0 Å². The average Bonchev–Trinajstić information content (AvgIpc) is 2.70. The minimum Gasteiger partial charge on any atom is -0.379 e. The molecule has 0 aliphatic carbocycles. The normalized spacial score (nSPS) is 19.2. The molecule has 1 saturated heterocycles. The summed E-state index contributed by atoms with van der Waals surface area (Å²) in [6, 6.07) is 4.78. The molecule has 1 aromatic rings. The summed E-state index contributed by atoms with van der Waals surface area (Å²) >= 11 is 1.35. The number of rotatable bonds is 6. The van der Waals surface area contributed by atoms with Gasteiger partial charge in [0.25, 0.3) is 0 Å². The molecular formula is C18H25N3O5S2. The number of hydrogen-bond donors (Lipinski definition) is 1. The van der Waals surface area contributed by atoms with Crippen molar-refractivity contribution in [3.05, 3.63) is 18.2 Å². The monoisotopic (exact) mass is 427 g/mol. The van der Waals surface area contributed by atoms with E-state index in [0.717, 1.165) is 11.3 Å². The second-order valence-electron chi connectivity index (χ2n) is 6.79. The minimum atomic E-state index is -3.68. The van der Waals surface area contributed by atoms with Gasteiger partial charge in [-0.05, 0) is 31.5 Å². The molecule has 28 heavy (non-hydrogen) atoms. The van der Waals surface area contributed by atoms with Gasteiger partial charge in [0.15, 0.2) is 0 Å². The lowest BCUT2D eigenvalue weighted by molar-refractivity contribution is -0.123. The van der Waals surface area contributed by atoms with Crippen LogP contribution in [0.25, 0.3) is 0 Å². The minimum absolute atomic E-state index is 0.00858. The Morgan fingerprint density at radius 2 is 2.04 bits per heavy atom. The van der Waals surface area contributed by atoms with Crippen molar-refractivity contribution in [2.45, 2.75) is 36.1 Å². The van der Waals surface area contributed by atoms with E-state index in [1.165, 1.54) is 27.0 Å². The molecule has 3 rings (SSSR count). The van der Waals surface area contributed by atoms with E-state index in [4.69, 9.17) is 4.74 Å². The summed E-state index contributed by atoms with van der Waals surface area (Å²) in [5.41, 5.74) is 0.467. The van der Waals surface area contributed by atoms with Crippen LogP contribution in [0.5, 0.6) is 0 Å². The Morgan fingerprint density at radius 1 is 1.32 bits per heavy atom. The lowest BCUT2D eigenvalue weighted by Gasteiger charge is -2.30. The molecule has 10 heteroatoms. The van der Waals surface area contributed by atoms with E-state index in [2.05, 4.69) is 5.32 Å². The van der Waals surface area contributed by atoms with Crippen LogP contribution in [0.1, 0.15) is 20.3 Å². The zero-order chi connectivity index (χ0) is 20.3. The lowest BCUT2D eigenvalue weighted by atomic mass is 10.2. The number of amides is 2. The molecule has 0 unspecified atom stereocenters. The van der Waals surface area contributed by atoms with Crippen molar-refractivity contribution < 1.29 is 22.7 Å². The number of ether oxygens (including phenoxy) is 1. The summed E-state index contributed by atoms with van der Waals surface area (Å²) in [4.78, 5) is 27.1. The Hall–Kier alpha value is -1.62. The molecule has 2 amide bonds. The summed E-state index contributed by atoms with van der Waals surface area (Å²) in [6.45, 7) is 5.05. The number of nitrogens with zero attached hydrogens (tertiary/aromatic N) is 2. The van der Waals surface area contributed by atoms with Gasteiger partial charge in [0.1, 0.15) is 6.54 Å². The number of benzene rings is 1. The van der Waals surface area contributed by atoms with Crippen LogP contribution in [-0.4, -0.2) is 69.2 Å². The van der Waals surface area contributed by atoms with Crippen molar-refractivity contribution in [3.8, 4) is 0 Å². The number of carbonyl (C=O) groups excluding carboxylic acids is 2. The van der Waals surface area contributed by atoms with Crippen molar-refractivity contribution in [2.24, 2.45) is 0 Å². The highest BCUT2D eigenvalue weighted by Crippen LogP contribution is 2.37. The Morgan fingerprint density at radius 3 is 2.71 bits per heavy atom. The van der Waals surface area contributed by atoms with Crippen LogP contribution in [0.3, 0.4) is 0 Å². The zero-order valence-electron chi connectivity index (χ0n) is 16.0. The largest absolute Gasteiger partial charge is 0.379 e. The van der Waals surface area contributed by atoms with E-state index in [1.807, 2.05) is 13.8 Å². The number of anilines is 1. The molecule has 8 nitrogen and oxygen atoms in total. The maximum absolute atomic E-state index is 12.9. The van der Waals surface area contributed by atoms with E-state index >= 15 is 0 Å². The fourth-order valence-corrected chi connectivity index (χ4v) is 5.36. The average molecular weight is 428 g/mol. The predicted molar refractivity (Wildman–Crippen MR) is 107 cm³/mol. The second-order valence-corrected chi connectivity index (χ2v) is 9.75. The number of morpholine rings is 1. The Kier molecular flexibility index (Phi) is 6.64. The SMILES string of the molecule is CC[C@@H](C)NC(=O)CN1C(=O)CSc2ccc(S(=O)(=O)N3CCOCC3)cc21. The van der Waals surface area contributed by atoms with Crippen LogP contribution in [-0.2, 0) is 24.3 Å². The van der Waals surface area contributed by atoms with E-state index in [9.17, 15) is 18.0 Å². The van der Waals surface area contributed by atoms with E-state index < -0.39 is 10.0 Å². The third-order valence-electron chi connectivity index (χ3n) is 4.80. The van der Waals surface area contributed by atoms with Crippen molar-refractivity contribution in [1.82, 2.24) is 9.62 Å². The first-order valence-electron chi connectivity index (χ1n) is 9.27. The van der Waals surface area contributed by atoms with Gasteiger partial charge in [0.2, 0.25) is 21.8 Å². The van der Waals surface area contributed by atoms with E-state index in [0.29, 0.717) is 32.0 Å². The number of thioether (sulfide) groups is 1. The highest BCUT2D eigenvalue weighted by molar-refractivity contribution is 8.00. The maximum atomic E-state index is 12.9. The molecular weight excluding hydrogens is 402 g/mol. The summed E-state index contributed by atoms with van der Waals surface area (Å²) in [6.07, 6.45) is 0.786. The van der Waals surface area contributed by atoms with Crippen LogP contribution < -0.4 is 10.2 Å². The Labute approximate surface area is 169 Å². The van der Waals surface area contributed by atoms with Gasteiger partial charge in [-0.25, -0.2) is 8.42 Å². The fourth-order valence-electron chi connectivity index (χ4n) is 3.02. The van der Waals surface area contributed by atoms with Crippen LogP contribution in [0, 0.1) is 0 Å². The molecule has 2 aliphatic heterocycles. The van der Waals surface area contributed by atoms with Gasteiger partial charge in [0, 0.05) is 24.0 Å². The summed E-state index contributed by atoms with van der Waals surface area (Å²) in [5, 5.41) is 2.84. The topological polar surface area (TPSA) is 96.0 Å².